The molecular weight excluding hydrogens is 378 g/mol. The minimum absolute atomic E-state index is 0.131. The average Bonchev–Trinajstić information content (AvgIpc) is 3.01. The second-order valence-electron chi connectivity index (χ2n) is 7.95. The third-order valence-corrected chi connectivity index (χ3v) is 5.97. The van der Waals surface area contributed by atoms with Gasteiger partial charge in [0.15, 0.2) is 11.2 Å². The Bertz CT molecular complexity index is 1110. The Labute approximate surface area is 176 Å². The molecule has 1 aromatic carbocycles. The minimum Gasteiger partial charge on any atom is -0.450 e. The highest BCUT2D eigenvalue weighted by atomic mass is 16.3. The summed E-state index contributed by atoms with van der Waals surface area (Å²) in [6.45, 7) is 7.90. The van der Waals surface area contributed by atoms with Crippen molar-refractivity contribution in [1.82, 2.24) is 14.8 Å². The Morgan fingerprint density at radius 2 is 1.87 bits per heavy atom. The molecule has 0 spiro atoms. The number of amides is 1. The zero-order valence-electron chi connectivity index (χ0n) is 17.6. The van der Waals surface area contributed by atoms with Gasteiger partial charge in [-0.2, -0.15) is 0 Å². The number of hydrogen-bond donors (Lipinski definition) is 0. The van der Waals surface area contributed by atoms with Crippen molar-refractivity contribution in [2.45, 2.75) is 26.7 Å². The van der Waals surface area contributed by atoms with E-state index in [1.54, 1.807) is 6.07 Å². The Morgan fingerprint density at radius 3 is 2.67 bits per heavy atom. The van der Waals surface area contributed by atoms with E-state index >= 15 is 0 Å². The number of rotatable bonds is 4. The zero-order chi connectivity index (χ0) is 21.1. The molecule has 156 valence electrons. The number of aryl methyl sites for hydroxylation is 2. The van der Waals surface area contributed by atoms with Crippen LogP contribution in [0, 0.1) is 13.8 Å². The molecule has 0 bridgehead atoms. The molecule has 1 amide bonds. The van der Waals surface area contributed by atoms with E-state index in [4.69, 9.17) is 4.42 Å². The molecule has 3 heterocycles. The van der Waals surface area contributed by atoms with Crippen LogP contribution in [0.3, 0.4) is 0 Å². The van der Waals surface area contributed by atoms with Crippen molar-refractivity contribution >= 4 is 16.9 Å². The van der Waals surface area contributed by atoms with E-state index in [-0.39, 0.29) is 17.1 Å². The van der Waals surface area contributed by atoms with Crippen molar-refractivity contribution in [3.63, 3.8) is 0 Å². The van der Waals surface area contributed by atoms with Crippen LogP contribution in [-0.4, -0.2) is 53.4 Å². The topological polar surface area (TPSA) is 66.7 Å². The number of benzene rings is 1. The average molecular weight is 405 g/mol. The molecule has 0 N–H and O–H groups in total. The Morgan fingerprint density at radius 1 is 1.07 bits per heavy atom. The van der Waals surface area contributed by atoms with Crippen molar-refractivity contribution in [3.8, 4) is 0 Å². The molecule has 1 saturated heterocycles. The summed E-state index contributed by atoms with van der Waals surface area (Å²) in [5.74, 6) is -0.0719. The molecule has 0 radical (unpaired) electrons. The van der Waals surface area contributed by atoms with Crippen LogP contribution >= 0.6 is 0 Å². The smallest absolute Gasteiger partial charge is 0.289 e. The second kappa shape index (κ2) is 8.79. The maximum atomic E-state index is 13.1. The molecule has 0 saturated carbocycles. The van der Waals surface area contributed by atoms with Gasteiger partial charge >= 0.3 is 0 Å². The van der Waals surface area contributed by atoms with Gasteiger partial charge in [-0.15, -0.1) is 0 Å². The molecule has 2 aromatic heterocycles. The molecule has 0 unspecified atom stereocenters. The third-order valence-electron chi connectivity index (χ3n) is 5.97. The summed E-state index contributed by atoms with van der Waals surface area (Å²) in [5.41, 5.74) is 3.55. The van der Waals surface area contributed by atoms with Crippen LogP contribution < -0.4 is 5.43 Å². The summed E-state index contributed by atoms with van der Waals surface area (Å²) in [5, 5.41) is 0.521. The highest BCUT2D eigenvalue weighted by molar-refractivity contribution is 5.93. The van der Waals surface area contributed by atoms with Crippen LogP contribution in [0.2, 0.25) is 0 Å². The first-order valence-corrected chi connectivity index (χ1v) is 10.5. The van der Waals surface area contributed by atoms with Crippen LogP contribution in [0.4, 0.5) is 0 Å². The first-order valence-electron chi connectivity index (χ1n) is 10.5. The lowest BCUT2D eigenvalue weighted by Gasteiger charge is -2.21. The standard InChI is InChI=1S/C24H27N3O3/c1-17-4-5-20-21(28)16-22(30-23(20)18(17)2)24(29)27-12-3-11-26(14-15-27)13-8-19-6-9-25-10-7-19/h4-7,9-10,16H,3,8,11-15H2,1-2H3. The maximum absolute atomic E-state index is 13.1. The summed E-state index contributed by atoms with van der Waals surface area (Å²) in [6, 6.07) is 9.10. The monoisotopic (exact) mass is 405 g/mol. The highest BCUT2D eigenvalue weighted by Crippen LogP contribution is 2.21. The Balaban J connectivity index is 1.46. The van der Waals surface area contributed by atoms with Gasteiger partial charge in [0.05, 0.1) is 5.39 Å². The number of fused-ring (bicyclic) bond motifs is 1. The predicted octanol–water partition coefficient (Wildman–Crippen LogP) is 3.20. The molecule has 1 aliphatic heterocycles. The highest BCUT2D eigenvalue weighted by Gasteiger charge is 2.23. The van der Waals surface area contributed by atoms with Gasteiger partial charge in [0.2, 0.25) is 0 Å². The molecular formula is C24H27N3O3. The number of hydrogen-bond acceptors (Lipinski definition) is 5. The normalized spacial score (nSPS) is 15.3. The van der Waals surface area contributed by atoms with Gasteiger partial charge < -0.3 is 14.2 Å². The maximum Gasteiger partial charge on any atom is 0.289 e. The van der Waals surface area contributed by atoms with Crippen molar-refractivity contribution in [2.24, 2.45) is 0 Å². The SMILES string of the molecule is Cc1ccc2c(=O)cc(C(=O)N3CCCN(CCc4ccncc4)CC3)oc2c1C. The van der Waals surface area contributed by atoms with Crippen LogP contribution in [0.15, 0.2) is 51.9 Å². The van der Waals surface area contributed by atoms with Crippen LogP contribution in [0.1, 0.15) is 33.7 Å². The fourth-order valence-corrected chi connectivity index (χ4v) is 3.95. The summed E-state index contributed by atoms with van der Waals surface area (Å²) in [4.78, 5) is 33.9. The summed E-state index contributed by atoms with van der Waals surface area (Å²) in [6.07, 6.45) is 5.50. The van der Waals surface area contributed by atoms with Crippen LogP contribution in [0.5, 0.6) is 0 Å². The predicted molar refractivity (Wildman–Crippen MR) is 117 cm³/mol. The quantitative estimate of drug-likeness (QED) is 0.667. The van der Waals surface area contributed by atoms with Crippen molar-refractivity contribution in [1.29, 1.82) is 0 Å². The molecule has 6 nitrogen and oxygen atoms in total. The van der Waals surface area contributed by atoms with Gasteiger partial charge in [-0.1, -0.05) is 6.07 Å². The summed E-state index contributed by atoms with van der Waals surface area (Å²) in [7, 11) is 0. The zero-order valence-corrected chi connectivity index (χ0v) is 17.6. The van der Waals surface area contributed by atoms with E-state index < -0.39 is 0 Å². The van der Waals surface area contributed by atoms with E-state index in [9.17, 15) is 9.59 Å². The van der Waals surface area contributed by atoms with Gasteiger partial charge in [-0.05, 0) is 68.1 Å². The molecule has 4 rings (SSSR count). The molecule has 0 aliphatic carbocycles. The number of pyridine rings is 1. The molecule has 30 heavy (non-hydrogen) atoms. The number of carbonyl (C=O) groups is 1. The lowest BCUT2D eigenvalue weighted by atomic mass is 10.1. The largest absolute Gasteiger partial charge is 0.450 e. The van der Waals surface area contributed by atoms with E-state index in [0.29, 0.717) is 24.1 Å². The van der Waals surface area contributed by atoms with E-state index in [1.807, 2.05) is 49.3 Å². The van der Waals surface area contributed by atoms with Crippen molar-refractivity contribution < 1.29 is 9.21 Å². The number of nitrogens with zero attached hydrogens (tertiary/aromatic N) is 3. The van der Waals surface area contributed by atoms with Gasteiger partial charge in [0, 0.05) is 44.6 Å². The first kappa shape index (κ1) is 20.3. The van der Waals surface area contributed by atoms with E-state index in [0.717, 1.165) is 43.6 Å². The lowest BCUT2D eigenvalue weighted by molar-refractivity contribution is 0.0730. The molecule has 3 aromatic rings. The first-order chi connectivity index (χ1) is 14.5. The fraction of sp³-hybridized carbons (Fsp3) is 0.375. The molecule has 1 aliphatic rings. The van der Waals surface area contributed by atoms with E-state index in [1.165, 1.54) is 11.6 Å². The van der Waals surface area contributed by atoms with Gasteiger partial charge in [0.25, 0.3) is 5.91 Å². The van der Waals surface area contributed by atoms with Gasteiger partial charge in [-0.3, -0.25) is 14.6 Å². The van der Waals surface area contributed by atoms with Crippen molar-refractivity contribution in [2.75, 3.05) is 32.7 Å². The van der Waals surface area contributed by atoms with Crippen LogP contribution in [-0.2, 0) is 6.42 Å². The third kappa shape index (κ3) is 4.28. The number of aromatic nitrogens is 1. The Kier molecular flexibility index (Phi) is 5.95. The minimum atomic E-state index is -0.203. The van der Waals surface area contributed by atoms with Gasteiger partial charge in [-0.25, -0.2) is 0 Å². The van der Waals surface area contributed by atoms with Crippen LogP contribution in [0.25, 0.3) is 11.0 Å². The Hall–Kier alpha value is -2.99. The summed E-state index contributed by atoms with van der Waals surface area (Å²) < 4.78 is 5.93. The second-order valence-corrected chi connectivity index (χ2v) is 7.95. The number of carbonyl (C=O) groups excluding carboxylic acids is 1. The summed E-state index contributed by atoms with van der Waals surface area (Å²) >= 11 is 0. The fourth-order valence-electron chi connectivity index (χ4n) is 3.95. The lowest BCUT2D eigenvalue weighted by Crippen LogP contribution is -2.36. The molecule has 0 atom stereocenters. The van der Waals surface area contributed by atoms with E-state index in [2.05, 4.69) is 9.88 Å². The molecule has 1 fully saturated rings. The van der Waals surface area contributed by atoms with Gasteiger partial charge in [0.1, 0.15) is 5.58 Å². The molecule has 6 heteroatoms. The van der Waals surface area contributed by atoms with Crippen molar-refractivity contribution in [3.05, 3.63) is 75.4 Å².